The van der Waals surface area contributed by atoms with Crippen LogP contribution in [0.4, 0.5) is 0 Å². The molecule has 3 amide bonds. The van der Waals surface area contributed by atoms with Crippen LogP contribution in [0.2, 0.25) is 0 Å². The molecule has 2 rings (SSSR count). The minimum Gasteiger partial charge on any atom is -0.489 e. The smallest absolute Gasteiger partial charge is 0.243 e. The molecule has 0 heterocycles. The summed E-state index contributed by atoms with van der Waals surface area (Å²) in [6, 6.07) is 16.3. The molecule has 8 heteroatoms. The number of carbonyl (C=O) groups is 3. The second-order valence-electron chi connectivity index (χ2n) is 9.12. The van der Waals surface area contributed by atoms with Gasteiger partial charge in [-0.2, -0.15) is 0 Å². The lowest BCUT2D eigenvalue weighted by Crippen LogP contribution is -2.55. The third-order valence-electron chi connectivity index (χ3n) is 5.41. The van der Waals surface area contributed by atoms with E-state index in [0.29, 0.717) is 18.8 Å². The van der Waals surface area contributed by atoms with Gasteiger partial charge in [-0.05, 0) is 43.5 Å². The molecule has 0 saturated heterocycles. The van der Waals surface area contributed by atoms with Crippen molar-refractivity contribution in [2.75, 3.05) is 6.61 Å². The first-order valence-corrected chi connectivity index (χ1v) is 11.4. The molecule has 0 aliphatic rings. The van der Waals surface area contributed by atoms with E-state index >= 15 is 0 Å². The van der Waals surface area contributed by atoms with Gasteiger partial charge in [0.15, 0.2) is 0 Å². The first kappa shape index (κ1) is 26.9. The molecule has 2 aromatic rings. The number of nitrogens with one attached hydrogen (secondary N) is 2. The lowest BCUT2D eigenvalue weighted by Gasteiger charge is -2.27. The minimum atomic E-state index is -0.849. The van der Waals surface area contributed by atoms with Crippen molar-refractivity contribution in [1.82, 2.24) is 10.6 Å². The van der Waals surface area contributed by atoms with Gasteiger partial charge >= 0.3 is 0 Å². The highest BCUT2D eigenvalue weighted by molar-refractivity contribution is 5.88. The zero-order valence-corrected chi connectivity index (χ0v) is 20.0. The Morgan fingerprint density at radius 3 is 2.26 bits per heavy atom. The van der Waals surface area contributed by atoms with Gasteiger partial charge in [0.1, 0.15) is 18.4 Å². The number of aliphatic hydroxyl groups excluding tert-OH is 1. The molecule has 0 aliphatic heterocycles. The highest BCUT2D eigenvalue weighted by atomic mass is 16.5. The quantitative estimate of drug-likeness (QED) is 0.357. The lowest BCUT2D eigenvalue weighted by molar-refractivity contribution is -0.130. The van der Waals surface area contributed by atoms with Gasteiger partial charge in [-0.3, -0.25) is 14.4 Å². The van der Waals surface area contributed by atoms with Gasteiger partial charge < -0.3 is 26.2 Å². The molecule has 2 atom stereocenters. The summed E-state index contributed by atoms with van der Waals surface area (Å²) in [4.78, 5) is 36.6. The van der Waals surface area contributed by atoms with Crippen LogP contribution in [0.25, 0.3) is 0 Å². The van der Waals surface area contributed by atoms with E-state index in [1.165, 1.54) is 0 Å². The fourth-order valence-electron chi connectivity index (χ4n) is 3.12. The first-order valence-electron chi connectivity index (χ1n) is 11.4. The zero-order chi connectivity index (χ0) is 25.1. The van der Waals surface area contributed by atoms with E-state index in [-0.39, 0.29) is 25.4 Å². The number of aliphatic hydroxyl groups is 1. The molecular weight excluding hydrogens is 434 g/mol. The minimum absolute atomic E-state index is 0.0730. The largest absolute Gasteiger partial charge is 0.489 e. The van der Waals surface area contributed by atoms with Crippen molar-refractivity contribution in [3.8, 4) is 5.75 Å². The van der Waals surface area contributed by atoms with E-state index in [2.05, 4.69) is 10.6 Å². The summed E-state index contributed by atoms with van der Waals surface area (Å²) in [5.41, 5.74) is 6.31. The molecule has 0 spiro atoms. The number of benzene rings is 2. The van der Waals surface area contributed by atoms with Crippen molar-refractivity contribution in [2.24, 2.45) is 11.7 Å². The number of ether oxygens (including phenoxy) is 1. The SMILES string of the molecule is CC(CCC(=O)NC(Cc1ccc(OCc2ccccc2)cc1)C(=O)NC(C)(C)CO)C(N)=O. The number of hydrogen-bond acceptors (Lipinski definition) is 5. The Hall–Kier alpha value is -3.39. The van der Waals surface area contributed by atoms with Gasteiger partial charge in [0.25, 0.3) is 0 Å². The number of carbonyl (C=O) groups excluding carboxylic acids is 3. The van der Waals surface area contributed by atoms with Crippen LogP contribution in [-0.4, -0.2) is 41.0 Å². The zero-order valence-electron chi connectivity index (χ0n) is 20.0. The van der Waals surface area contributed by atoms with Crippen molar-refractivity contribution in [1.29, 1.82) is 0 Å². The van der Waals surface area contributed by atoms with Gasteiger partial charge in [0.05, 0.1) is 12.1 Å². The summed E-state index contributed by atoms with van der Waals surface area (Å²) in [5, 5.41) is 15.0. The van der Waals surface area contributed by atoms with Gasteiger partial charge in [0.2, 0.25) is 17.7 Å². The summed E-state index contributed by atoms with van der Waals surface area (Å²) in [7, 11) is 0. The Labute approximate surface area is 200 Å². The molecule has 0 radical (unpaired) electrons. The van der Waals surface area contributed by atoms with Gasteiger partial charge in [-0.15, -0.1) is 0 Å². The maximum Gasteiger partial charge on any atom is 0.243 e. The van der Waals surface area contributed by atoms with E-state index < -0.39 is 29.3 Å². The Balaban J connectivity index is 2.03. The molecule has 34 heavy (non-hydrogen) atoms. The van der Waals surface area contributed by atoms with Gasteiger partial charge in [-0.1, -0.05) is 49.4 Å². The second-order valence-corrected chi connectivity index (χ2v) is 9.12. The van der Waals surface area contributed by atoms with E-state index in [1.807, 2.05) is 54.6 Å². The maximum absolute atomic E-state index is 12.9. The standard InChI is InChI=1S/C26H35N3O5/c1-18(24(27)32)9-14-23(31)28-22(25(33)29-26(2,3)17-30)15-19-10-12-21(13-11-19)34-16-20-7-5-4-6-8-20/h4-8,10-13,18,22,30H,9,14-17H2,1-3H3,(H2,27,32)(H,28,31)(H,29,33). The Morgan fingerprint density at radius 1 is 1.03 bits per heavy atom. The molecule has 0 aromatic heterocycles. The summed E-state index contributed by atoms with van der Waals surface area (Å²) >= 11 is 0. The molecular formula is C26H35N3O5. The maximum atomic E-state index is 12.9. The van der Waals surface area contributed by atoms with Gasteiger partial charge in [0, 0.05) is 18.8 Å². The Kier molecular flexibility index (Phi) is 10.1. The van der Waals surface area contributed by atoms with Crippen molar-refractivity contribution in [3.05, 3.63) is 65.7 Å². The molecule has 184 valence electrons. The highest BCUT2D eigenvalue weighted by Gasteiger charge is 2.27. The van der Waals surface area contributed by atoms with E-state index in [0.717, 1.165) is 11.1 Å². The average Bonchev–Trinajstić information content (AvgIpc) is 2.82. The van der Waals surface area contributed by atoms with Gasteiger partial charge in [-0.25, -0.2) is 0 Å². The van der Waals surface area contributed by atoms with Crippen LogP contribution in [-0.2, 0) is 27.4 Å². The molecule has 0 aliphatic carbocycles. The molecule has 2 unspecified atom stereocenters. The van der Waals surface area contributed by atoms with E-state index in [9.17, 15) is 19.5 Å². The Morgan fingerprint density at radius 2 is 1.68 bits per heavy atom. The molecule has 2 aromatic carbocycles. The van der Waals surface area contributed by atoms with Crippen molar-refractivity contribution >= 4 is 17.7 Å². The second kappa shape index (κ2) is 12.7. The van der Waals surface area contributed by atoms with Crippen LogP contribution in [0, 0.1) is 5.92 Å². The molecule has 0 saturated carbocycles. The lowest BCUT2D eigenvalue weighted by atomic mass is 10.0. The number of hydrogen-bond donors (Lipinski definition) is 4. The van der Waals surface area contributed by atoms with Crippen LogP contribution >= 0.6 is 0 Å². The average molecular weight is 470 g/mol. The third-order valence-corrected chi connectivity index (χ3v) is 5.41. The number of primary amides is 1. The highest BCUT2D eigenvalue weighted by Crippen LogP contribution is 2.16. The van der Waals surface area contributed by atoms with Crippen LogP contribution in [0.5, 0.6) is 5.75 Å². The van der Waals surface area contributed by atoms with Crippen molar-refractivity contribution in [3.63, 3.8) is 0 Å². The van der Waals surface area contributed by atoms with Crippen LogP contribution in [0.15, 0.2) is 54.6 Å². The van der Waals surface area contributed by atoms with E-state index in [1.54, 1.807) is 20.8 Å². The molecule has 8 nitrogen and oxygen atoms in total. The normalized spacial score (nSPS) is 12.9. The van der Waals surface area contributed by atoms with Crippen molar-refractivity contribution < 1.29 is 24.2 Å². The number of nitrogens with two attached hydrogens (primary N) is 1. The topological polar surface area (TPSA) is 131 Å². The first-order chi connectivity index (χ1) is 16.1. The van der Waals surface area contributed by atoms with Crippen LogP contribution in [0.1, 0.15) is 44.7 Å². The monoisotopic (exact) mass is 469 g/mol. The van der Waals surface area contributed by atoms with Crippen molar-refractivity contribution in [2.45, 2.75) is 58.2 Å². The predicted octanol–water partition coefficient (Wildman–Crippen LogP) is 2.08. The molecule has 5 N–H and O–H groups in total. The predicted molar refractivity (Wildman–Crippen MR) is 130 cm³/mol. The third kappa shape index (κ3) is 9.23. The van der Waals surface area contributed by atoms with Crippen LogP contribution in [0.3, 0.4) is 0 Å². The van der Waals surface area contributed by atoms with Crippen LogP contribution < -0.4 is 21.1 Å². The Bertz CT molecular complexity index is 945. The number of amides is 3. The fourth-order valence-corrected chi connectivity index (χ4v) is 3.12. The summed E-state index contributed by atoms with van der Waals surface area (Å²) in [5.74, 6) is -0.965. The molecule has 0 bridgehead atoms. The van der Waals surface area contributed by atoms with E-state index in [4.69, 9.17) is 10.5 Å². The summed E-state index contributed by atoms with van der Waals surface area (Å²) < 4.78 is 5.80. The molecule has 0 fully saturated rings. The fraction of sp³-hybridized carbons (Fsp3) is 0.423. The summed E-state index contributed by atoms with van der Waals surface area (Å²) in [6.45, 7) is 5.24. The number of rotatable bonds is 13. The summed E-state index contributed by atoms with van der Waals surface area (Å²) in [6.07, 6.45) is 0.623.